The van der Waals surface area contributed by atoms with Crippen LogP contribution in [0.3, 0.4) is 0 Å². The van der Waals surface area contributed by atoms with Crippen molar-refractivity contribution in [2.24, 2.45) is 0 Å². The van der Waals surface area contributed by atoms with Crippen molar-refractivity contribution in [1.29, 1.82) is 5.26 Å². The third-order valence-electron chi connectivity index (χ3n) is 6.98. The summed E-state index contributed by atoms with van der Waals surface area (Å²) in [6.07, 6.45) is 2.39. The summed E-state index contributed by atoms with van der Waals surface area (Å²) in [4.78, 5) is 32.7. The lowest BCUT2D eigenvalue weighted by Crippen LogP contribution is -2.38. The van der Waals surface area contributed by atoms with Crippen LogP contribution in [0, 0.1) is 11.3 Å². The molecule has 35 heavy (non-hydrogen) atoms. The van der Waals surface area contributed by atoms with Crippen molar-refractivity contribution in [1.82, 2.24) is 19.0 Å². The summed E-state index contributed by atoms with van der Waals surface area (Å²) >= 11 is 0. The standard InChI is InChI=1S/C26H21N5O4/c1-35-18-5-2-4-15(10-18)11-22(32)29-14-17-12-21(29)24-25(33)31(26(34)30(17)24)20-8-7-16(13-27)23-19(20)6-3-9-28-23/h2-10,17,21,33H,11-12,14H2,1H3. The van der Waals surface area contributed by atoms with E-state index in [1.54, 1.807) is 47.0 Å². The van der Waals surface area contributed by atoms with Gasteiger partial charge in [-0.15, -0.1) is 0 Å². The number of hydrogen-bond donors (Lipinski definition) is 1. The number of hydrogen-bond acceptors (Lipinski definition) is 6. The number of ether oxygens (including phenoxy) is 1. The third-order valence-corrected chi connectivity index (χ3v) is 6.98. The average Bonchev–Trinajstić information content (AvgIpc) is 3.55. The minimum absolute atomic E-state index is 0.0652. The van der Waals surface area contributed by atoms with Crippen LogP contribution < -0.4 is 10.4 Å². The predicted molar refractivity (Wildman–Crippen MR) is 127 cm³/mol. The number of rotatable bonds is 4. The lowest BCUT2D eigenvalue weighted by atomic mass is 10.1. The molecule has 1 saturated heterocycles. The molecule has 2 aromatic heterocycles. The van der Waals surface area contributed by atoms with Gasteiger partial charge in [0, 0.05) is 18.1 Å². The van der Waals surface area contributed by atoms with E-state index < -0.39 is 0 Å². The molecule has 1 amide bonds. The first-order valence-electron chi connectivity index (χ1n) is 11.3. The highest BCUT2D eigenvalue weighted by molar-refractivity contribution is 5.91. The van der Waals surface area contributed by atoms with E-state index in [0.717, 1.165) is 5.56 Å². The number of amides is 1. The van der Waals surface area contributed by atoms with Gasteiger partial charge < -0.3 is 14.7 Å². The fourth-order valence-electron chi connectivity index (χ4n) is 5.44. The van der Waals surface area contributed by atoms with Gasteiger partial charge in [0.2, 0.25) is 11.8 Å². The number of pyridine rings is 1. The molecule has 0 aliphatic carbocycles. The summed E-state index contributed by atoms with van der Waals surface area (Å²) in [7, 11) is 1.58. The Labute approximate surface area is 200 Å². The van der Waals surface area contributed by atoms with E-state index in [-0.39, 0.29) is 36.0 Å². The second kappa shape index (κ2) is 7.74. The highest BCUT2D eigenvalue weighted by Gasteiger charge is 2.49. The SMILES string of the molecule is COc1cccc(CC(=O)N2CC3CC2c2c(O)n(-c4ccc(C#N)c5ncccc45)c(=O)n23)c1. The molecule has 2 unspecified atom stereocenters. The number of carbonyl (C=O) groups is 1. The van der Waals surface area contributed by atoms with E-state index in [0.29, 0.717) is 46.6 Å². The first kappa shape index (κ1) is 21.0. The van der Waals surface area contributed by atoms with Crippen LogP contribution in [0.2, 0.25) is 0 Å². The zero-order valence-corrected chi connectivity index (χ0v) is 18.9. The molecule has 2 atom stereocenters. The van der Waals surface area contributed by atoms with E-state index in [1.807, 2.05) is 24.3 Å². The lowest BCUT2D eigenvalue weighted by Gasteiger charge is -2.27. The van der Waals surface area contributed by atoms with Crippen molar-refractivity contribution >= 4 is 16.8 Å². The molecule has 9 heteroatoms. The Kier molecular flexibility index (Phi) is 4.64. The smallest absolute Gasteiger partial charge is 0.336 e. The monoisotopic (exact) mass is 467 g/mol. The van der Waals surface area contributed by atoms with Crippen LogP contribution in [0.15, 0.2) is 59.5 Å². The van der Waals surface area contributed by atoms with Gasteiger partial charge in [-0.3, -0.25) is 14.3 Å². The van der Waals surface area contributed by atoms with E-state index >= 15 is 0 Å². The number of aromatic hydroxyl groups is 1. The molecule has 2 aliphatic heterocycles. The lowest BCUT2D eigenvalue weighted by molar-refractivity contribution is -0.132. The maximum atomic E-state index is 13.5. The Bertz CT molecular complexity index is 1610. The zero-order chi connectivity index (χ0) is 24.3. The van der Waals surface area contributed by atoms with Crippen LogP contribution in [-0.4, -0.2) is 43.7 Å². The number of carbonyl (C=O) groups excluding carboxylic acids is 1. The van der Waals surface area contributed by atoms with Gasteiger partial charge in [-0.1, -0.05) is 12.1 Å². The highest BCUT2D eigenvalue weighted by Crippen LogP contribution is 2.49. The second-order valence-corrected chi connectivity index (χ2v) is 8.82. The summed E-state index contributed by atoms with van der Waals surface area (Å²) in [5, 5.41) is 21.3. The molecule has 2 bridgehead atoms. The predicted octanol–water partition coefficient (Wildman–Crippen LogP) is 2.84. The number of benzene rings is 2. The molecule has 6 rings (SSSR count). The largest absolute Gasteiger partial charge is 0.497 e. The van der Waals surface area contributed by atoms with Crippen molar-refractivity contribution in [2.75, 3.05) is 13.7 Å². The normalized spacial score (nSPS) is 18.0. The van der Waals surface area contributed by atoms with Crippen LogP contribution in [0.4, 0.5) is 0 Å². The van der Waals surface area contributed by atoms with Crippen molar-refractivity contribution in [2.45, 2.75) is 24.9 Å². The number of nitriles is 1. The zero-order valence-electron chi connectivity index (χ0n) is 18.9. The maximum absolute atomic E-state index is 13.5. The number of imidazole rings is 1. The van der Waals surface area contributed by atoms with Gasteiger partial charge in [-0.2, -0.15) is 5.26 Å². The topological polar surface area (TPSA) is 113 Å². The fourth-order valence-corrected chi connectivity index (χ4v) is 5.44. The number of fused-ring (bicyclic) bond motifs is 6. The van der Waals surface area contributed by atoms with Gasteiger partial charge >= 0.3 is 5.69 Å². The summed E-state index contributed by atoms with van der Waals surface area (Å²) in [6, 6.07) is 15.7. The number of likely N-dealkylation sites (tertiary alicyclic amines) is 1. The molecule has 0 radical (unpaired) electrons. The molecule has 4 aromatic rings. The number of methoxy groups -OCH3 is 1. The first-order valence-corrected chi connectivity index (χ1v) is 11.3. The average molecular weight is 467 g/mol. The minimum Gasteiger partial charge on any atom is -0.497 e. The quantitative estimate of drug-likeness (QED) is 0.494. The van der Waals surface area contributed by atoms with Gasteiger partial charge in [0.1, 0.15) is 17.5 Å². The summed E-state index contributed by atoms with van der Waals surface area (Å²) < 4.78 is 8.12. The second-order valence-electron chi connectivity index (χ2n) is 8.82. The molecule has 2 aliphatic rings. The Morgan fingerprint density at radius 2 is 2.11 bits per heavy atom. The Balaban J connectivity index is 1.39. The molecular weight excluding hydrogens is 446 g/mol. The van der Waals surface area contributed by atoms with E-state index in [4.69, 9.17) is 4.74 Å². The fraction of sp³-hybridized carbons (Fsp3) is 0.231. The van der Waals surface area contributed by atoms with Gasteiger partial charge in [0.25, 0.3) is 0 Å². The molecule has 9 nitrogen and oxygen atoms in total. The summed E-state index contributed by atoms with van der Waals surface area (Å²) in [5.41, 5.74) is 2.23. The van der Waals surface area contributed by atoms with E-state index in [1.165, 1.54) is 4.57 Å². The van der Waals surface area contributed by atoms with Crippen LogP contribution in [0.5, 0.6) is 11.6 Å². The minimum atomic E-state index is -0.380. The summed E-state index contributed by atoms with van der Waals surface area (Å²) in [6.45, 7) is 0.416. The van der Waals surface area contributed by atoms with Gasteiger partial charge in [0.05, 0.1) is 42.4 Å². The van der Waals surface area contributed by atoms with Crippen LogP contribution in [-0.2, 0) is 11.2 Å². The van der Waals surface area contributed by atoms with Crippen molar-refractivity contribution in [3.05, 3.63) is 82.0 Å². The Hall–Kier alpha value is -4.58. The molecule has 174 valence electrons. The molecule has 4 heterocycles. The molecule has 2 aromatic carbocycles. The molecular formula is C26H21N5O4. The van der Waals surface area contributed by atoms with E-state index in [2.05, 4.69) is 11.1 Å². The van der Waals surface area contributed by atoms with Gasteiger partial charge in [-0.25, -0.2) is 9.36 Å². The molecule has 0 spiro atoms. The van der Waals surface area contributed by atoms with Crippen molar-refractivity contribution < 1.29 is 14.6 Å². The van der Waals surface area contributed by atoms with Gasteiger partial charge in [0.15, 0.2) is 0 Å². The summed E-state index contributed by atoms with van der Waals surface area (Å²) in [5.74, 6) is 0.437. The van der Waals surface area contributed by atoms with E-state index in [9.17, 15) is 20.0 Å². The number of aromatic nitrogens is 3. The number of nitrogens with zero attached hydrogens (tertiary/aromatic N) is 5. The third kappa shape index (κ3) is 3.03. The van der Waals surface area contributed by atoms with Crippen LogP contribution in [0.25, 0.3) is 16.6 Å². The van der Waals surface area contributed by atoms with Crippen LogP contribution in [0.1, 0.15) is 35.3 Å². The van der Waals surface area contributed by atoms with Crippen molar-refractivity contribution in [3.63, 3.8) is 0 Å². The molecule has 0 saturated carbocycles. The van der Waals surface area contributed by atoms with Crippen molar-refractivity contribution in [3.8, 4) is 23.4 Å². The molecule has 1 fully saturated rings. The highest BCUT2D eigenvalue weighted by atomic mass is 16.5. The maximum Gasteiger partial charge on any atom is 0.336 e. The Morgan fingerprint density at radius 3 is 2.91 bits per heavy atom. The Morgan fingerprint density at radius 1 is 1.26 bits per heavy atom. The molecule has 1 N–H and O–H groups in total. The van der Waals surface area contributed by atoms with Crippen LogP contribution >= 0.6 is 0 Å². The van der Waals surface area contributed by atoms with Gasteiger partial charge in [-0.05, 0) is 48.4 Å². The first-order chi connectivity index (χ1) is 17.0.